The van der Waals surface area contributed by atoms with E-state index in [-0.39, 0.29) is 23.9 Å². The molecule has 2 aromatic rings. The number of piperidine rings is 1. The van der Waals surface area contributed by atoms with Gasteiger partial charge in [-0.25, -0.2) is 8.78 Å². The number of hydrogen-bond acceptors (Lipinski definition) is 4. The summed E-state index contributed by atoms with van der Waals surface area (Å²) in [6.07, 6.45) is 0.800. The van der Waals surface area contributed by atoms with E-state index < -0.39 is 19.7 Å². The van der Waals surface area contributed by atoms with Gasteiger partial charge in [-0.15, -0.1) is 0 Å². The molecule has 0 amide bonds. The van der Waals surface area contributed by atoms with Gasteiger partial charge in [0, 0.05) is 18.7 Å². The van der Waals surface area contributed by atoms with Crippen LogP contribution in [0, 0.1) is 11.6 Å². The number of ketones is 1. The van der Waals surface area contributed by atoms with Crippen molar-refractivity contribution in [3.63, 3.8) is 0 Å². The summed E-state index contributed by atoms with van der Waals surface area (Å²) in [5.74, 6) is -0.832. The number of rotatable bonds is 9. The number of nitrogens with zero attached hydrogens (tertiary/aromatic N) is 1. The zero-order valence-electron chi connectivity index (χ0n) is 21.8. The standard InChI is InChI=1S/C28H39F2NO3Si/c1-19(2)35(20(3)4,21(5)6)34-27-11-10-22(16-25(27)30)26(32)18-31-14-12-28(33,13-15-31)23-8-7-9-24(29)17-23/h7-11,16-17,19-21,33H,12-15,18H2,1-6H3. The maximum atomic E-state index is 15.1. The first kappa shape index (κ1) is 27.5. The molecule has 0 aromatic heterocycles. The van der Waals surface area contributed by atoms with Crippen LogP contribution in [0.3, 0.4) is 0 Å². The highest BCUT2D eigenvalue weighted by atomic mass is 28.4. The summed E-state index contributed by atoms with van der Waals surface area (Å²) in [5, 5.41) is 11.0. The molecule has 35 heavy (non-hydrogen) atoms. The molecule has 0 saturated carbocycles. The number of aliphatic hydroxyl groups is 1. The first-order valence-electron chi connectivity index (χ1n) is 12.6. The average Bonchev–Trinajstić information content (AvgIpc) is 2.79. The molecule has 1 heterocycles. The van der Waals surface area contributed by atoms with Gasteiger partial charge >= 0.3 is 0 Å². The van der Waals surface area contributed by atoms with Crippen LogP contribution in [0.5, 0.6) is 5.75 Å². The predicted molar refractivity (Wildman–Crippen MR) is 138 cm³/mol. The van der Waals surface area contributed by atoms with Gasteiger partial charge in [0.25, 0.3) is 8.32 Å². The van der Waals surface area contributed by atoms with Crippen LogP contribution in [0.25, 0.3) is 0 Å². The van der Waals surface area contributed by atoms with Gasteiger partial charge in [0.1, 0.15) is 11.6 Å². The molecule has 1 fully saturated rings. The van der Waals surface area contributed by atoms with Gasteiger partial charge in [0.05, 0.1) is 12.1 Å². The van der Waals surface area contributed by atoms with E-state index in [1.54, 1.807) is 24.3 Å². The van der Waals surface area contributed by atoms with Crippen molar-refractivity contribution in [3.8, 4) is 5.75 Å². The smallest absolute Gasteiger partial charge is 0.258 e. The fourth-order valence-corrected chi connectivity index (χ4v) is 11.0. The van der Waals surface area contributed by atoms with Crippen molar-refractivity contribution in [2.75, 3.05) is 19.6 Å². The van der Waals surface area contributed by atoms with Crippen LogP contribution in [-0.2, 0) is 5.60 Å². The van der Waals surface area contributed by atoms with Crippen molar-refractivity contribution in [1.82, 2.24) is 4.90 Å². The number of halogens is 2. The van der Waals surface area contributed by atoms with Crippen molar-refractivity contribution in [2.24, 2.45) is 0 Å². The average molecular weight is 504 g/mol. The van der Waals surface area contributed by atoms with Crippen molar-refractivity contribution < 1.29 is 23.1 Å². The van der Waals surface area contributed by atoms with Crippen LogP contribution in [0.1, 0.15) is 70.3 Å². The summed E-state index contributed by atoms with van der Waals surface area (Å²) in [6, 6.07) is 10.6. The number of benzene rings is 2. The Bertz CT molecular complexity index is 1010. The fraction of sp³-hybridized carbons (Fsp3) is 0.536. The van der Waals surface area contributed by atoms with Crippen LogP contribution < -0.4 is 4.43 Å². The summed E-state index contributed by atoms with van der Waals surface area (Å²) in [6.45, 7) is 14.0. The monoisotopic (exact) mass is 503 g/mol. The van der Waals surface area contributed by atoms with Gasteiger partial charge < -0.3 is 9.53 Å². The van der Waals surface area contributed by atoms with Gasteiger partial charge in [-0.3, -0.25) is 9.69 Å². The molecular weight excluding hydrogens is 464 g/mol. The molecule has 1 aliphatic heterocycles. The third-order valence-corrected chi connectivity index (χ3v) is 13.6. The SMILES string of the molecule is CC(C)[Si](Oc1ccc(C(=O)CN2CCC(O)(c3cccc(F)c3)CC2)cc1F)(C(C)C)C(C)C. The number of Topliss-reactive ketones (excluding diaryl/α,β-unsaturated/α-hetero) is 1. The van der Waals surface area contributed by atoms with Gasteiger partial charge in [-0.1, -0.05) is 53.7 Å². The highest BCUT2D eigenvalue weighted by molar-refractivity contribution is 6.78. The fourth-order valence-electron chi connectivity index (χ4n) is 5.74. The molecule has 4 nitrogen and oxygen atoms in total. The van der Waals surface area contributed by atoms with E-state index in [1.807, 2.05) is 4.90 Å². The lowest BCUT2D eigenvalue weighted by Gasteiger charge is -2.42. The minimum Gasteiger partial charge on any atom is -0.541 e. The highest BCUT2D eigenvalue weighted by Gasteiger charge is 2.47. The molecule has 0 unspecified atom stereocenters. The van der Waals surface area contributed by atoms with Crippen LogP contribution in [0.4, 0.5) is 8.78 Å². The first-order chi connectivity index (χ1) is 16.4. The number of carbonyl (C=O) groups is 1. The lowest BCUT2D eigenvalue weighted by molar-refractivity contribution is -0.0247. The lowest BCUT2D eigenvalue weighted by atomic mass is 9.84. The van der Waals surface area contributed by atoms with Crippen molar-refractivity contribution in [1.29, 1.82) is 0 Å². The topological polar surface area (TPSA) is 49.8 Å². The molecule has 0 radical (unpaired) electrons. The summed E-state index contributed by atoms with van der Waals surface area (Å²) in [5.41, 5.74) is 0.707. The quantitative estimate of drug-likeness (QED) is 0.306. The van der Waals surface area contributed by atoms with Crippen LogP contribution in [-0.4, -0.2) is 43.7 Å². The second-order valence-electron chi connectivity index (χ2n) is 10.8. The number of carbonyl (C=O) groups excluding carboxylic acids is 1. The maximum Gasteiger partial charge on any atom is 0.258 e. The van der Waals surface area contributed by atoms with Gasteiger partial charge in [-0.2, -0.15) is 0 Å². The Morgan fingerprint density at radius 2 is 1.60 bits per heavy atom. The Morgan fingerprint density at radius 3 is 2.11 bits per heavy atom. The Labute approximate surface area is 209 Å². The molecule has 1 aliphatic rings. The van der Waals surface area contributed by atoms with E-state index in [9.17, 15) is 14.3 Å². The number of hydrogen-bond donors (Lipinski definition) is 1. The van der Waals surface area contributed by atoms with Crippen molar-refractivity contribution >= 4 is 14.1 Å². The Hall–Kier alpha value is -2.09. The molecule has 0 aliphatic carbocycles. The second-order valence-corrected chi connectivity index (χ2v) is 16.2. The van der Waals surface area contributed by atoms with E-state index >= 15 is 4.39 Å². The van der Waals surface area contributed by atoms with Crippen molar-refractivity contribution in [2.45, 2.75) is 76.6 Å². The maximum absolute atomic E-state index is 15.1. The molecular formula is C28H39F2NO3Si. The molecule has 7 heteroatoms. The summed E-state index contributed by atoms with van der Waals surface area (Å²) in [7, 11) is -2.31. The third kappa shape index (κ3) is 5.84. The van der Waals surface area contributed by atoms with E-state index in [4.69, 9.17) is 4.43 Å². The van der Waals surface area contributed by atoms with E-state index in [0.29, 0.717) is 53.7 Å². The normalized spacial score (nSPS) is 16.8. The van der Waals surface area contributed by atoms with Gasteiger partial charge in [-0.05, 0) is 65.4 Å². The summed E-state index contributed by atoms with van der Waals surface area (Å²) in [4.78, 5) is 14.9. The zero-order chi connectivity index (χ0) is 26.0. The van der Waals surface area contributed by atoms with Gasteiger partial charge in [0.15, 0.2) is 11.6 Å². The molecule has 1 saturated heterocycles. The predicted octanol–water partition coefficient (Wildman–Crippen LogP) is 6.69. The molecule has 1 N–H and O–H groups in total. The van der Waals surface area contributed by atoms with E-state index in [2.05, 4.69) is 41.5 Å². The third-order valence-electron chi connectivity index (χ3n) is 7.66. The molecule has 2 aromatic carbocycles. The number of likely N-dealkylation sites (tertiary alicyclic amines) is 1. The highest BCUT2D eigenvalue weighted by Crippen LogP contribution is 2.43. The molecule has 0 atom stereocenters. The lowest BCUT2D eigenvalue weighted by Crippen LogP contribution is -2.50. The molecule has 192 valence electrons. The van der Waals surface area contributed by atoms with Gasteiger partial charge in [0.2, 0.25) is 0 Å². The Morgan fingerprint density at radius 1 is 1.00 bits per heavy atom. The van der Waals surface area contributed by atoms with E-state index in [1.165, 1.54) is 18.2 Å². The summed E-state index contributed by atoms with van der Waals surface area (Å²) >= 11 is 0. The largest absolute Gasteiger partial charge is 0.541 e. The minimum absolute atomic E-state index is 0.140. The van der Waals surface area contributed by atoms with Crippen LogP contribution in [0.2, 0.25) is 16.6 Å². The van der Waals surface area contributed by atoms with Crippen molar-refractivity contribution in [3.05, 3.63) is 65.2 Å². The summed E-state index contributed by atoms with van der Waals surface area (Å²) < 4.78 is 35.2. The van der Waals surface area contributed by atoms with Crippen LogP contribution >= 0.6 is 0 Å². The second kappa shape index (κ2) is 10.9. The molecule has 0 spiro atoms. The molecule has 0 bridgehead atoms. The van der Waals surface area contributed by atoms with Crippen LogP contribution in [0.15, 0.2) is 42.5 Å². The van der Waals surface area contributed by atoms with E-state index in [0.717, 1.165) is 0 Å². The first-order valence-corrected chi connectivity index (χ1v) is 14.8. The molecule has 3 rings (SSSR count). The Kier molecular flexibility index (Phi) is 8.55. The minimum atomic E-state index is -2.31. The zero-order valence-corrected chi connectivity index (χ0v) is 22.8. The Balaban J connectivity index is 1.67.